The summed E-state index contributed by atoms with van der Waals surface area (Å²) in [5.41, 5.74) is 2.76. The maximum Gasteiger partial charge on any atom is 0.283 e. The number of amidine groups is 1. The standard InChI is InChI=1S/C22H16F3N5O2/c1-2-22(20(10-21(24,25)11-20)12-32-19(27)30-22)15-7-14(4-5-16(15)23)29-18(31)17-6-3-13(8-26)9-28-17/h1,3-7,9H,10-12H2,(H2,27,30)(H,29,31)/t22-/m1/s1. The fourth-order valence-corrected chi connectivity index (χ4v) is 4.21. The molecule has 10 heteroatoms. The molecule has 1 aromatic carbocycles. The van der Waals surface area contributed by atoms with Crippen LogP contribution in [0.3, 0.4) is 0 Å². The van der Waals surface area contributed by atoms with Crippen LogP contribution in [0.2, 0.25) is 0 Å². The number of ether oxygens (including phenoxy) is 1. The van der Waals surface area contributed by atoms with Gasteiger partial charge in [-0.1, -0.05) is 5.92 Å². The first-order chi connectivity index (χ1) is 15.1. The first kappa shape index (κ1) is 21.2. The van der Waals surface area contributed by atoms with E-state index in [-0.39, 0.29) is 35.1 Å². The van der Waals surface area contributed by atoms with Gasteiger partial charge >= 0.3 is 0 Å². The molecule has 1 amide bonds. The molecule has 1 fully saturated rings. The Bertz CT molecular complexity index is 1210. The number of carbonyl (C=O) groups is 1. The van der Waals surface area contributed by atoms with Crippen LogP contribution in [-0.2, 0) is 10.3 Å². The van der Waals surface area contributed by atoms with Crippen molar-refractivity contribution >= 4 is 17.6 Å². The van der Waals surface area contributed by atoms with E-state index >= 15 is 0 Å². The molecule has 4 rings (SSSR count). The van der Waals surface area contributed by atoms with Gasteiger partial charge in [0, 0.05) is 30.3 Å². The van der Waals surface area contributed by atoms with Crippen molar-refractivity contribution in [3.8, 4) is 18.4 Å². The number of rotatable bonds is 3. The Morgan fingerprint density at radius 3 is 2.62 bits per heavy atom. The maximum atomic E-state index is 15.0. The zero-order chi connectivity index (χ0) is 23.1. The van der Waals surface area contributed by atoms with Gasteiger partial charge in [0.25, 0.3) is 11.9 Å². The number of alkyl halides is 2. The van der Waals surface area contributed by atoms with E-state index in [1.54, 1.807) is 0 Å². The number of hydrogen-bond acceptors (Lipinski definition) is 6. The molecular formula is C22H16F3N5O2. The highest BCUT2D eigenvalue weighted by Gasteiger charge is 2.69. The molecule has 0 bridgehead atoms. The van der Waals surface area contributed by atoms with E-state index in [0.717, 1.165) is 6.07 Å². The Morgan fingerprint density at radius 1 is 1.28 bits per heavy atom. The lowest BCUT2D eigenvalue weighted by Crippen LogP contribution is -2.62. The summed E-state index contributed by atoms with van der Waals surface area (Å²) in [5, 5.41) is 11.4. The lowest BCUT2D eigenvalue weighted by atomic mass is 9.53. The molecule has 0 unspecified atom stereocenters. The highest BCUT2D eigenvalue weighted by atomic mass is 19.3. The predicted octanol–water partition coefficient (Wildman–Crippen LogP) is 2.93. The monoisotopic (exact) mass is 439 g/mol. The highest BCUT2D eigenvalue weighted by Crippen LogP contribution is 2.63. The SMILES string of the molecule is C#C[C@]1(c2cc(NC(=O)c3ccc(C#N)cn3)ccc2F)N=C(N)OCC12CC(F)(F)C2. The number of terminal acetylenes is 1. The number of amides is 1. The molecular weight excluding hydrogens is 423 g/mol. The number of aromatic nitrogens is 1. The zero-order valence-electron chi connectivity index (χ0n) is 16.5. The van der Waals surface area contributed by atoms with Gasteiger partial charge in [0.15, 0.2) is 5.54 Å². The summed E-state index contributed by atoms with van der Waals surface area (Å²) in [4.78, 5) is 20.5. The van der Waals surface area contributed by atoms with Crippen molar-refractivity contribution in [2.45, 2.75) is 24.3 Å². The molecule has 1 spiro atoms. The molecule has 0 saturated heterocycles. The van der Waals surface area contributed by atoms with Crippen molar-refractivity contribution in [3.63, 3.8) is 0 Å². The minimum Gasteiger partial charge on any atom is -0.465 e. The molecule has 162 valence electrons. The Morgan fingerprint density at radius 2 is 2.03 bits per heavy atom. The van der Waals surface area contributed by atoms with Crippen molar-refractivity contribution in [1.82, 2.24) is 4.98 Å². The average Bonchev–Trinajstić information content (AvgIpc) is 2.75. The Balaban J connectivity index is 1.72. The van der Waals surface area contributed by atoms with E-state index in [2.05, 4.69) is 21.2 Å². The maximum absolute atomic E-state index is 15.0. The number of carbonyl (C=O) groups excluding carboxylic acids is 1. The van der Waals surface area contributed by atoms with Crippen LogP contribution < -0.4 is 11.1 Å². The van der Waals surface area contributed by atoms with E-state index < -0.39 is 41.4 Å². The second kappa shape index (κ2) is 7.27. The Hall–Kier alpha value is -4.05. The van der Waals surface area contributed by atoms with Crippen LogP contribution in [0.15, 0.2) is 41.5 Å². The number of nitrogens with two attached hydrogens (primary N) is 1. The largest absolute Gasteiger partial charge is 0.465 e. The van der Waals surface area contributed by atoms with Crippen LogP contribution in [0.4, 0.5) is 18.9 Å². The number of aliphatic imine (C=N–C) groups is 1. The minimum atomic E-state index is -2.99. The van der Waals surface area contributed by atoms with Gasteiger partial charge in [-0.2, -0.15) is 5.26 Å². The summed E-state index contributed by atoms with van der Waals surface area (Å²) in [6, 6.07) is 7.93. The lowest BCUT2D eigenvalue weighted by molar-refractivity contribution is -0.200. The van der Waals surface area contributed by atoms with Gasteiger partial charge in [-0.15, -0.1) is 6.42 Å². The summed E-state index contributed by atoms with van der Waals surface area (Å²) >= 11 is 0. The number of pyridine rings is 1. The Kier molecular flexibility index (Phi) is 4.82. The van der Waals surface area contributed by atoms with Crippen molar-refractivity contribution < 1.29 is 22.7 Å². The van der Waals surface area contributed by atoms with Crippen LogP contribution >= 0.6 is 0 Å². The third-order valence-corrected chi connectivity index (χ3v) is 5.68. The van der Waals surface area contributed by atoms with Gasteiger partial charge < -0.3 is 15.8 Å². The number of anilines is 1. The molecule has 1 atom stereocenters. The van der Waals surface area contributed by atoms with Crippen LogP contribution in [-0.4, -0.2) is 29.4 Å². The minimum absolute atomic E-state index is 0.0185. The Labute approximate surface area is 181 Å². The molecule has 2 heterocycles. The van der Waals surface area contributed by atoms with Crippen molar-refractivity contribution in [2.75, 3.05) is 11.9 Å². The van der Waals surface area contributed by atoms with E-state index in [1.165, 1.54) is 30.5 Å². The predicted molar refractivity (Wildman–Crippen MR) is 108 cm³/mol. The molecule has 0 radical (unpaired) electrons. The molecule has 2 aromatic rings. The van der Waals surface area contributed by atoms with Gasteiger partial charge in [0.1, 0.15) is 24.2 Å². The molecule has 1 aromatic heterocycles. The fourth-order valence-electron chi connectivity index (χ4n) is 4.21. The van der Waals surface area contributed by atoms with Gasteiger partial charge in [-0.25, -0.2) is 23.1 Å². The number of nitrogens with one attached hydrogen (secondary N) is 1. The van der Waals surface area contributed by atoms with Crippen molar-refractivity contribution in [2.24, 2.45) is 16.1 Å². The average molecular weight is 439 g/mol. The van der Waals surface area contributed by atoms with Gasteiger partial charge in [0.2, 0.25) is 5.92 Å². The molecule has 1 aliphatic heterocycles. The summed E-state index contributed by atoms with van der Waals surface area (Å²) < 4.78 is 47.9. The van der Waals surface area contributed by atoms with E-state index in [1.807, 2.05) is 6.07 Å². The summed E-state index contributed by atoms with van der Waals surface area (Å²) in [7, 11) is 0. The molecule has 32 heavy (non-hydrogen) atoms. The number of nitrogens with zero attached hydrogens (tertiary/aromatic N) is 3. The van der Waals surface area contributed by atoms with Crippen molar-refractivity contribution in [3.05, 3.63) is 59.2 Å². The molecule has 1 saturated carbocycles. The van der Waals surface area contributed by atoms with Crippen LogP contribution in [0, 0.1) is 34.9 Å². The third-order valence-electron chi connectivity index (χ3n) is 5.68. The first-order valence-corrected chi connectivity index (χ1v) is 9.45. The number of nitriles is 1. The quantitative estimate of drug-likeness (QED) is 0.714. The number of halogens is 3. The van der Waals surface area contributed by atoms with Gasteiger partial charge in [0.05, 0.1) is 11.0 Å². The second-order valence-electron chi connectivity index (χ2n) is 7.78. The summed E-state index contributed by atoms with van der Waals surface area (Å²) in [6.45, 7) is -0.243. The topological polar surface area (TPSA) is 113 Å². The highest BCUT2D eigenvalue weighted by molar-refractivity contribution is 6.02. The van der Waals surface area contributed by atoms with E-state index in [0.29, 0.717) is 0 Å². The number of hydrogen-bond donors (Lipinski definition) is 2. The summed E-state index contributed by atoms with van der Waals surface area (Å²) in [6.07, 6.45) is 5.68. The molecule has 1 aliphatic carbocycles. The second-order valence-corrected chi connectivity index (χ2v) is 7.78. The fraction of sp³-hybridized carbons (Fsp3) is 0.273. The van der Waals surface area contributed by atoms with Gasteiger partial charge in [-0.3, -0.25) is 4.79 Å². The third kappa shape index (κ3) is 3.30. The van der Waals surface area contributed by atoms with E-state index in [9.17, 15) is 18.0 Å². The molecule has 2 aliphatic rings. The lowest BCUT2D eigenvalue weighted by Gasteiger charge is -2.56. The smallest absolute Gasteiger partial charge is 0.283 e. The molecule has 3 N–H and O–H groups in total. The molecule has 7 nitrogen and oxygen atoms in total. The first-order valence-electron chi connectivity index (χ1n) is 9.45. The van der Waals surface area contributed by atoms with Crippen LogP contribution in [0.25, 0.3) is 0 Å². The van der Waals surface area contributed by atoms with Crippen LogP contribution in [0.1, 0.15) is 34.5 Å². The summed E-state index contributed by atoms with van der Waals surface area (Å²) in [5.74, 6) is -2.02. The normalized spacial score (nSPS) is 22.5. The van der Waals surface area contributed by atoms with Crippen molar-refractivity contribution in [1.29, 1.82) is 5.26 Å². The van der Waals surface area contributed by atoms with Crippen LogP contribution in [0.5, 0.6) is 0 Å². The zero-order valence-corrected chi connectivity index (χ0v) is 16.5. The van der Waals surface area contributed by atoms with E-state index in [4.69, 9.17) is 22.2 Å². The van der Waals surface area contributed by atoms with Gasteiger partial charge in [-0.05, 0) is 30.3 Å². The number of benzene rings is 1.